The Balaban J connectivity index is 1.82. The number of hydrogen-bond acceptors (Lipinski definition) is 6. The van der Waals surface area contributed by atoms with Crippen molar-refractivity contribution in [2.45, 2.75) is 13.8 Å². The van der Waals surface area contributed by atoms with Crippen molar-refractivity contribution in [1.82, 2.24) is 25.2 Å². The number of amides is 1. The quantitative estimate of drug-likeness (QED) is 0.498. The van der Waals surface area contributed by atoms with Gasteiger partial charge in [-0.1, -0.05) is 0 Å². The summed E-state index contributed by atoms with van der Waals surface area (Å²) in [7, 11) is 0. The fourth-order valence-electron chi connectivity index (χ4n) is 2.05. The maximum absolute atomic E-state index is 11.6. The van der Waals surface area contributed by atoms with Crippen molar-refractivity contribution in [2.75, 3.05) is 32.8 Å². The molecule has 124 valence electrons. The minimum absolute atomic E-state index is 0.277. The Morgan fingerprint density at radius 3 is 2.52 bits per heavy atom. The smallest absolute Gasteiger partial charge is 0.409 e. The molecule has 0 unspecified atom stereocenters. The van der Waals surface area contributed by atoms with Crippen molar-refractivity contribution >= 4 is 29.1 Å². The van der Waals surface area contributed by atoms with E-state index >= 15 is 0 Å². The normalized spacial score (nSPS) is 15.3. The van der Waals surface area contributed by atoms with Crippen LogP contribution in [0.25, 0.3) is 0 Å². The summed E-state index contributed by atoms with van der Waals surface area (Å²) in [6.07, 6.45) is 3.05. The third-order valence-corrected chi connectivity index (χ3v) is 3.65. The molecule has 9 heteroatoms. The molecule has 2 rings (SSSR count). The van der Waals surface area contributed by atoms with Gasteiger partial charge in [0.2, 0.25) is 0 Å². The molecule has 23 heavy (non-hydrogen) atoms. The summed E-state index contributed by atoms with van der Waals surface area (Å²) in [5.41, 5.74) is 3.50. The average Bonchev–Trinajstić information content (AvgIpc) is 2.60. The summed E-state index contributed by atoms with van der Waals surface area (Å²) in [5.74, 6) is 0.551. The van der Waals surface area contributed by atoms with Crippen LogP contribution in [0.1, 0.15) is 19.7 Å². The summed E-state index contributed by atoms with van der Waals surface area (Å²) in [5, 5.41) is 4.72. The molecule has 0 aliphatic carbocycles. The first-order chi connectivity index (χ1) is 11.1. The van der Waals surface area contributed by atoms with Gasteiger partial charge in [-0.05, 0) is 32.1 Å². The van der Waals surface area contributed by atoms with Crippen LogP contribution in [0.3, 0.4) is 0 Å². The molecule has 0 radical (unpaired) electrons. The molecule has 1 saturated heterocycles. The summed E-state index contributed by atoms with van der Waals surface area (Å²) in [6, 6.07) is 1.75. The third-order valence-electron chi connectivity index (χ3n) is 3.30. The first kappa shape index (κ1) is 17.1. The van der Waals surface area contributed by atoms with E-state index in [9.17, 15) is 4.79 Å². The van der Waals surface area contributed by atoms with Crippen LogP contribution in [-0.2, 0) is 4.74 Å². The Hall–Kier alpha value is -2.29. The molecular formula is C14H20N6O2S. The van der Waals surface area contributed by atoms with Gasteiger partial charge < -0.3 is 14.5 Å². The fourth-order valence-corrected chi connectivity index (χ4v) is 2.27. The number of piperazine rings is 1. The average molecular weight is 336 g/mol. The second-order valence-electron chi connectivity index (χ2n) is 4.86. The highest BCUT2D eigenvalue weighted by molar-refractivity contribution is 7.80. The van der Waals surface area contributed by atoms with E-state index < -0.39 is 0 Å². The van der Waals surface area contributed by atoms with E-state index in [1.807, 2.05) is 11.8 Å². The van der Waals surface area contributed by atoms with E-state index in [4.69, 9.17) is 17.0 Å². The van der Waals surface area contributed by atoms with Crippen molar-refractivity contribution in [3.8, 4) is 0 Å². The summed E-state index contributed by atoms with van der Waals surface area (Å²) in [4.78, 5) is 23.5. The van der Waals surface area contributed by atoms with Crippen LogP contribution >= 0.6 is 12.2 Å². The van der Waals surface area contributed by atoms with Crippen LogP contribution in [0, 0.1) is 0 Å². The van der Waals surface area contributed by atoms with Crippen molar-refractivity contribution in [1.29, 1.82) is 0 Å². The highest BCUT2D eigenvalue weighted by Gasteiger charge is 2.23. The van der Waals surface area contributed by atoms with Crippen LogP contribution in [0.15, 0.2) is 23.6 Å². The molecule has 0 bridgehead atoms. The molecule has 0 atom stereocenters. The van der Waals surface area contributed by atoms with E-state index in [-0.39, 0.29) is 6.09 Å². The lowest BCUT2D eigenvalue weighted by atomic mass is 10.3. The van der Waals surface area contributed by atoms with E-state index in [1.54, 1.807) is 30.3 Å². The highest BCUT2D eigenvalue weighted by atomic mass is 32.1. The Labute approximate surface area is 140 Å². The van der Waals surface area contributed by atoms with Gasteiger partial charge in [-0.3, -0.25) is 5.43 Å². The Morgan fingerprint density at radius 2 is 1.91 bits per heavy atom. The number of hydrogen-bond donors (Lipinski definition) is 1. The topological polar surface area (TPSA) is 83.0 Å². The predicted octanol–water partition coefficient (Wildman–Crippen LogP) is 0.849. The van der Waals surface area contributed by atoms with Crippen LogP contribution in [0.2, 0.25) is 0 Å². The van der Waals surface area contributed by atoms with Crippen LogP contribution in [-0.4, -0.2) is 69.5 Å². The molecule has 8 nitrogen and oxygen atoms in total. The lowest BCUT2D eigenvalue weighted by Crippen LogP contribution is -2.52. The minimum Gasteiger partial charge on any atom is -0.450 e. The molecule has 0 spiro atoms. The van der Waals surface area contributed by atoms with Gasteiger partial charge in [0.25, 0.3) is 0 Å². The fraction of sp³-hybridized carbons (Fsp3) is 0.500. The van der Waals surface area contributed by atoms with Gasteiger partial charge in [0.05, 0.1) is 6.61 Å². The molecule has 0 aromatic carbocycles. The second kappa shape index (κ2) is 8.37. The summed E-state index contributed by atoms with van der Waals surface area (Å²) < 4.78 is 4.99. The van der Waals surface area contributed by atoms with Gasteiger partial charge in [0, 0.05) is 38.6 Å². The van der Waals surface area contributed by atoms with E-state index in [2.05, 4.69) is 20.5 Å². The number of ether oxygens (including phenoxy) is 1. The van der Waals surface area contributed by atoms with Gasteiger partial charge in [-0.15, -0.1) is 0 Å². The molecular weight excluding hydrogens is 316 g/mol. The number of nitrogens with zero attached hydrogens (tertiary/aromatic N) is 5. The minimum atomic E-state index is -0.277. The van der Waals surface area contributed by atoms with Crippen molar-refractivity contribution < 1.29 is 9.53 Å². The molecule has 1 fully saturated rings. The lowest BCUT2D eigenvalue weighted by molar-refractivity contribution is 0.0919. The second-order valence-corrected chi connectivity index (χ2v) is 5.25. The number of thiocarbonyl (C=S) groups is 1. The van der Waals surface area contributed by atoms with Crippen molar-refractivity contribution in [2.24, 2.45) is 5.10 Å². The largest absolute Gasteiger partial charge is 0.450 e. The van der Waals surface area contributed by atoms with E-state index in [1.165, 1.54) is 0 Å². The molecule has 1 N–H and O–H groups in total. The zero-order valence-corrected chi connectivity index (χ0v) is 14.0. The lowest BCUT2D eigenvalue weighted by Gasteiger charge is -2.34. The predicted molar refractivity (Wildman–Crippen MR) is 90.1 cm³/mol. The zero-order chi connectivity index (χ0) is 16.7. The molecule has 1 aromatic rings. The van der Waals surface area contributed by atoms with Crippen molar-refractivity contribution in [3.63, 3.8) is 0 Å². The molecule has 0 saturated carbocycles. The van der Waals surface area contributed by atoms with Gasteiger partial charge in [0.1, 0.15) is 5.71 Å². The zero-order valence-electron chi connectivity index (χ0n) is 13.2. The number of hydrazone groups is 1. The Morgan fingerprint density at radius 1 is 1.30 bits per heavy atom. The maximum atomic E-state index is 11.6. The van der Waals surface area contributed by atoms with E-state index in [0.29, 0.717) is 49.4 Å². The number of nitrogens with one attached hydrogen (secondary N) is 1. The third kappa shape index (κ3) is 4.85. The number of carbonyl (C=O) groups is 1. The Bertz CT molecular complexity index is 572. The van der Waals surface area contributed by atoms with Gasteiger partial charge >= 0.3 is 6.09 Å². The van der Waals surface area contributed by atoms with Crippen molar-refractivity contribution in [3.05, 3.63) is 24.3 Å². The monoisotopic (exact) mass is 336 g/mol. The Kier molecular flexibility index (Phi) is 6.21. The first-order valence-electron chi connectivity index (χ1n) is 7.40. The van der Waals surface area contributed by atoms with Crippen LogP contribution < -0.4 is 5.43 Å². The van der Waals surface area contributed by atoms with Crippen LogP contribution in [0.4, 0.5) is 4.79 Å². The van der Waals surface area contributed by atoms with Gasteiger partial charge in [-0.25, -0.2) is 14.8 Å². The number of rotatable bonds is 3. The summed E-state index contributed by atoms with van der Waals surface area (Å²) in [6.45, 7) is 6.42. The molecule has 1 aromatic heterocycles. The molecule has 2 heterocycles. The molecule has 1 aliphatic rings. The van der Waals surface area contributed by atoms with Crippen LogP contribution in [0.5, 0.6) is 0 Å². The SMILES string of the molecule is CCOC(=O)N1CCN(C(=S)NN=C(C)c2ncccn2)CC1. The standard InChI is InChI=1S/C14H20N6O2S/c1-3-22-14(21)20-9-7-19(8-10-20)13(23)18-17-11(2)12-15-5-4-6-16-12/h4-6H,3,7-10H2,1-2H3,(H,18,23). The number of aromatic nitrogens is 2. The molecule has 1 amide bonds. The highest BCUT2D eigenvalue weighted by Crippen LogP contribution is 2.04. The summed E-state index contributed by atoms with van der Waals surface area (Å²) >= 11 is 5.33. The van der Waals surface area contributed by atoms with Gasteiger partial charge in [-0.2, -0.15) is 5.10 Å². The molecule has 1 aliphatic heterocycles. The van der Waals surface area contributed by atoms with Gasteiger partial charge in [0.15, 0.2) is 10.9 Å². The number of carbonyl (C=O) groups excluding carboxylic acids is 1. The maximum Gasteiger partial charge on any atom is 0.409 e. The van der Waals surface area contributed by atoms with E-state index in [0.717, 1.165) is 0 Å². The first-order valence-corrected chi connectivity index (χ1v) is 7.81.